The van der Waals surface area contributed by atoms with E-state index in [9.17, 15) is 18.4 Å². The van der Waals surface area contributed by atoms with Crippen LogP contribution >= 0.6 is 11.6 Å². The van der Waals surface area contributed by atoms with Crippen LogP contribution in [0.15, 0.2) is 53.7 Å². The van der Waals surface area contributed by atoms with Crippen LogP contribution in [0.5, 0.6) is 0 Å². The maximum absolute atomic E-state index is 14.4. The quantitative estimate of drug-likeness (QED) is 0.822. The number of carbonyl (C=O) groups excluding carboxylic acids is 2. The lowest BCUT2D eigenvalue weighted by Gasteiger charge is -2.34. The van der Waals surface area contributed by atoms with Gasteiger partial charge in [-0.1, -0.05) is 17.7 Å². The van der Waals surface area contributed by atoms with Crippen LogP contribution in [0.3, 0.4) is 0 Å². The summed E-state index contributed by atoms with van der Waals surface area (Å²) >= 11 is 6.14. The lowest BCUT2D eigenvalue weighted by Crippen LogP contribution is -2.47. The van der Waals surface area contributed by atoms with Crippen LogP contribution in [0.1, 0.15) is 18.5 Å². The van der Waals surface area contributed by atoms with Crippen molar-refractivity contribution in [1.29, 1.82) is 0 Å². The van der Waals surface area contributed by atoms with Crippen LogP contribution in [0.25, 0.3) is 0 Å². The molecule has 2 aromatic rings. The molecule has 5 nitrogen and oxygen atoms in total. The molecule has 8 heteroatoms. The first-order chi connectivity index (χ1) is 12.8. The number of benzene rings is 2. The van der Waals surface area contributed by atoms with E-state index in [0.29, 0.717) is 11.4 Å². The molecule has 3 rings (SSSR count). The van der Waals surface area contributed by atoms with Crippen molar-refractivity contribution in [3.63, 3.8) is 0 Å². The summed E-state index contributed by atoms with van der Waals surface area (Å²) in [5, 5.41) is 5.33. The minimum atomic E-state index is -1.07. The minimum Gasteiger partial charge on any atom is -0.326 e. The summed E-state index contributed by atoms with van der Waals surface area (Å²) in [4.78, 5) is 26.4. The molecular weight excluding hydrogens is 376 g/mol. The zero-order valence-electron chi connectivity index (χ0n) is 14.5. The summed E-state index contributed by atoms with van der Waals surface area (Å²) < 4.78 is 27.5. The number of nitrogens with zero attached hydrogens (tertiary/aromatic N) is 1. The fraction of sp³-hybridized carbons (Fsp3) is 0.158. The van der Waals surface area contributed by atoms with Crippen molar-refractivity contribution in [3.8, 4) is 0 Å². The molecule has 1 aliphatic rings. The van der Waals surface area contributed by atoms with Crippen molar-refractivity contribution >= 4 is 29.2 Å². The second-order valence-corrected chi connectivity index (χ2v) is 6.44. The third kappa shape index (κ3) is 3.64. The Morgan fingerprint density at radius 3 is 2.48 bits per heavy atom. The molecule has 0 saturated carbocycles. The van der Waals surface area contributed by atoms with Crippen molar-refractivity contribution in [1.82, 2.24) is 10.2 Å². The summed E-state index contributed by atoms with van der Waals surface area (Å²) in [6.45, 7) is 1.58. The summed E-state index contributed by atoms with van der Waals surface area (Å²) in [6, 6.07) is 7.78. The molecule has 0 unspecified atom stereocenters. The number of hydrogen-bond acceptors (Lipinski definition) is 2. The van der Waals surface area contributed by atoms with E-state index < -0.39 is 29.6 Å². The zero-order valence-corrected chi connectivity index (χ0v) is 15.3. The Kier molecular flexibility index (Phi) is 5.14. The van der Waals surface area contributed by atoms with Gasteiger partial charge < -0.3 is 15.5 Å². The number of nitrogens with one attached hydrogen (secondary N) is 2. The lowest BCUT2D eigenvalue weighted by atomic mass is 9.93. The van der Waals surface area contributed by atoms with Crippen molar-refractivity contribution in [2.75, 3.05) is 12.4 Å². The van der Waals surface area contributed by atoms with Crippen LogP contribution in [0.2, 0.25) is 5.02 Å². The van der Waals surface area contributed by atoms with E-state index in [2.05, 4.69) is 10.6 Å². The maximum Gasteiger partial charge on any atom is 0.322 e. The number of allylic oxidation sites excluding steroid dienone is 1. The van der Waals surface area contributed by atoms with Crippen LogP contribution < -0.4 is 10.6 Å². The largest absolute Gasteiger partial charge is 0.326 e. The van der Waals surface area contributed by atoms with Gasteiger partial charge in [0.25, 0.3) is 5.91 Å². The lowest BCUT2D eigenvalue weighted by molar-refractivity contribution is -0.113. The summed E-state index contributed by atoms with van der Waals surface area (Å²) in [7, 11) is 1.50. The molecule has 1 heterocycles. The molecule has 2 aromatic carbocycles. The van der Waals surface area contributed by atoms with Gasteiger partial charge in [0.15, 0.2) is 0 Å². The average Bonchev–Trinajstić information content (AvgIpc) is 2.61. The highest BCUT2D eigenvalue weighted by molar-refractivity contribution is 6.31. The zero-order chi connectivity index (χ0) is 19.7. The topological polar surface area (TPSA) is 61.4 Å². The molecule has 0 bridgehead atoms. The number of amides is 3. The van der Waals surface area contributed by atoms with Gasteiger partial charge in [-0.05, 0) is 43.3 Å². The van der Waals surface area contributed by atoms with Gasteiger partial charge in [0, 0.05) is 29.0 Å². The SMILES string of the molecule is CC1=C(C(=O)Nc2ccc(F)cc2)[C@H](c2c(F)cccc2Cl)NC(=O)N1C. The third-order valence-electron chi connectivity index (χ3n) is 4.39. The standard InChI is InChI=1S/C19H16ClF2N3O2/c1-10-15(18(26)23-12-8-6-11(21)7-9-12)17(24-19(27)25(10)2)16-13(20)4-3-5-14(16)22/h3-9,17H,1-2H3,(H,23,26)(H,24,27)/t17-/m1/s1. The number of hydrogen-bond donors (Lipinski definition) is 2. The Morgan fingerprint density at radius 1 is 1.19 bits per heavy atom. The first-order valence-electron chi connectivity index (χ1n) is 8.05. The Bertz CT molecular complexity index is 924. The molecule has 0 aliphatic carbocycles. The fourth-order valence-corrected chi connectivity index (χ4v) is 3.14. The van der Waals surface area contributed by atoms with Gasteiger partial charge in [-0.15, -0.1) is 0 Å². The first kappa shape index (κ1) is 18.8. The van der Waals surface area contributed by atoms with E-state index in [1.54, 1.807) is 6.92 Å². The fourth-order valence-electron chi connectivity index (χ4n) is 2.86. The van der Waals surface area contributed by atoms with E-state index in [4.69, 9.17) is 11.6 Å². The normalized spacial score (nSPS) is 17.0. The van der Waals surface area contributed by atoms with E-state index in [1.807, 2.05) is 0 Å². The highest BCUT2D eigenvalue weighted by atomic mass is 35.5. The summed E-state index contributed by atoms with van der Waals surface area (Å²) in [5.41, 5.74) is 0.847. The van der Waals surface area contributed by atoms with Crippen LogP contribution in [-0.2, 0) is 4.79 Å². The molecule has 27 heavy (non-hydrogen) atoms. The van der Waals surface area contributed by atoms with Gasteiger partial charge in [0.2, 0.25) is 0 Å². The van der Waals surface area contributed by atoms with E-state index in [-0.39, 0.29) is 16.2 Å². The molecular formula is C19H16ClF2N3O2. The van der Waals surface area contributed by atoms with Crippen LogP contribution in [-0.4, -0.2) is 23.9 Å². The predicted octanol–water partition coefficient (Wildman–Crippen LogP) is 4.23. The average molecular weight is 392 g/mol. The number of anilines is 1. The van der Waals surface area contributed by atoms with E-state index in [1.165, 1.54) is 54.4 Å². The monoisotopic (exact) mass is 391 g/mol. The first-order valence-corrected chi connectivity index (χ1v) is 8.43. The van der Waals surface area contributed by atoms with Crippen LogP contribution in [0, 0.1) is 11.6 Å². The third-order valence-corrected chi connectivity index (χ3v) is 4.72. The number of carbonyl (C=O) groups is 2. The van der Waals surface area contributed by atoms with Gasteiger partial charge in [0.05, 0.1) is 11.6 Å². The van der Waals surface area contributed by atoms with Gasteiger partial charge in [-0.3, -0.25) is 4.79 Å². The molecule has 3 amide bonds. The Labute approximate surface area is 159 Å². The second-order valence-electron chi connectivity index (χ2n) is 6.04. The van der Waals surface area contributed by atoms with Gasteiger partial charge in [-0.25, -0.2) is 13.6 Å². The van der Waals surface area contributed by atoms with Gasteiger partial charge in [-0.2, -0.15) is 0 Å². The Morgan fingerprint density at radius 2 is 1.85 bits per heavy atom. The molecule has 0 radical (unpaired) electrons. The van der Waals surface area contributed by atoms with Crippen molar-refractivity contribution in [3.05, 3.63) is 76.0 Å². The molecule has 0 spiro atoms. The number of rotatable bonds is 3. The predicted molar refractivity (Wildman–Crippen MR) is 98.2 cm³/mol. The maximum atomic E-state index is 14.4. The highest BCUT2D eigenvalue weighted by Crippen LogP contribution is 2.35. The summed E-state index contributed by atoms with van der Waals surface area (Å²) in [6.07, 6.45) is 0. The summed E-state index contributed by atoms with van der Waals surface area (Å²) in [5.74, 6) is -1.64. The molecule has 140 valence electrons. The molecule has 2 N–H and O–H groups in total. The number of urea groups is 1. The van der Waals surface area contributed by atoms with Crippen molar-refractivity contribution in [2.24, 2.45) is 0 Å². The van der Waals surface area contributed by atoms with E-state index >= 15 is 0 Å². The molecule has 1 atom stereocenters. The highest BCUT2D eigenvalue weighted by Gasteiger charge is 2.36. The van der Waals surface area contributed by atoms with E-state index in [0.717, 1.165) is 0 Å². The molecule has 0 fully saturated rings. The Balaban J connectivity index is 2.05. The Hall–Kier alpha value is -2.93. The number of halogens is 3. The van der Waals surface area contributed by atoms with Crippen molar-refractivity contribution < 1.29 is 18.4 Å². The second kappa shape index (κ2) is 7.36. The minimum absolute atomic E-state index is 0.00391. The molecule has 0 saturated heterocycles. The van der Waals surface area contributed by atoms with Crippen LogP contribution in [0.4, 0.5) is 19.3 Å². The molecule has 0 aromatic heterocycles. The molecule has 1 aliphatic heterocycles. The van der Waals surface area contributed by atoms with Gasteiger partial charge in [0.1, 0.15) is 11.6 Å². The van der Waals surface area contributed by atoms with Crippen molar-refractivity contribution in [2.45, 2.75) is 13.0 Å². The smallest absolute Gasteiger partial charge is 0.322 e. The van der Waals surface area contributed by atoms with Gasteiger partial charge >= 0.3 is 6.03 Å².